The van der Waals surface area contributed by atoms with E-state index in [4.69, 9.17) is 5.73 Å². The Morgan fingerprint density at radius 3 is 2.45 bits per heavy atom. The summed E-state index contributed by atoms with van der Waals surface area (Å²) in [6.45, 7) is 1.83. The summed E-state index contributed by atoms with van der Waals surface area (Å²) in [5.41, 5.74) is 7.25. The van der Waals surface area contributed by atoms with Crippen molar-refractivity contribution in [2.75, 3.05) is 0 Å². The molecule has 2 aromatic rings. The van der Waals surface area contributed by atoms with Gasteiger partial charge in [0, 0.05) is 12.4 Å². The highest BCUT2D eigenvalue weighted by Gasteiger charge is 2.31. The van der Waals surface area contributed by atoms with Crippen molar-refractivity contribution in [2.24, 2.45) is 5.73 Å². The second-order valence-electron chi connectivity index (χ2n) is 4.22. The number of nitrogens with zero attached hydrogens (tertiary/aromatic N) is 2. The zero-order valence-electron chi connectivity index (χ0n) is 10.6. The van der Waals surface area contributed by atoms with Gasteiger partial charge in [-0.2, -0.15) is 0 Å². The summed E-state index contributed by atoms with van der Waals surface area (Å²) in [4.78, 5) is 8.12. The van der Waals surface area contributed by atoms with Gasteiger partial charge in [-0.15, -0.1) is 13.2 Å². The van der Waals surface area contributed by atoms with Crippen LogP contribution in [0.5, 0.6) is 5.75 Å². The Hall–Kier alpha value is -2.15. The summed E-state index contributed by atoms with van der Waals surface area (Å²) in [7, 11) is 0. The molecule has 1 heterocycles. The van der Waals surface area contributed by atoms with Gasteiger partial charge in [0.25, 0.3) is 0 Å². The average molecular weight is 283 g/mol. The second kappa shape index (κ2) is 5.46. The van der Waals surface area contributed by atoms with Gasteiger partial charge < -0.3 is 10.5 Å². The van der Waals surface area contributed by atoms with Crippen molar-refractivity contribution in [2.45, 2.75) is 19.3 Å². The predicted molar refractivity (Wildman–Crippen MR) is 65.9 cm³/mol. The number of benzene rings is 1. The van der Waals surface area contributed by atoms with Crippen LogP contribution in [0.2, 0.25) is 0 Å². The summed E-state index contributed by atoms with van der Waals surface area (Å²) in [5, 5.41) is 0. The molecular formula is C13H12F3N3O. The number of ether oxygens (including phenoxy) is 1. The van der Waals surface area contributed by atoms with Gasteiger partial charge in [0.05, 0.1) is 6.04 Å². The van der Waals surface area contributed by atoms with Gasteiger partial charge in [0.2, 0.25) is 0 Å². The fourth-order valence-electron chi connectivity index (χ4n) is 1.62. The Bertz CT molecular complexity index is 584. The van der Waals surface area contributed by atoms with Gasteiger partial charge in [-0.25, -0.2) is 9.97 Å². The molecule has 2 N–H and O–H groups in total. The van der Waals surface area contributed by atoms with Crippen LogP contribution in [0, 0.1) is 6.92 Å². The monoisotopic (exact) mass is 283 g/mol. The van der Waals surface area contributed by atoms with Crippen LogP contribution in [0.4, 0.5) is 13.2 Å². The molecule has 1 aromatic carbocycles. The van der Waals surface area contributed by atoms with E-state index in [-0.39, 0.29) is 5.75 Å². The van der Waals surface area contributed by atoms with E-state index in [1.807, 2.05) is 6.92 Å². The molecular weight excluding hydrogens is 271 g/mol. The van der Waals surface area contributed by atoms with Gasteiger partial charge in [-0.1, -0.05) is 12.1 Å². The Balaban J connectivity index is 2.24. The summed E-state index contributed by atoms with van der Waals surface area (Å²) in [5.74, 6) is 0.0114. The minimum atomic E-state index is -4.73. The van der Waals surface area contributed by atoms with Crippen molar-refractivity contribution in [3.8, 4) is 5.75 Å². The lowest BCUT2D eigenvalue weighted by atomic mass is 10.1. The SMILES string of the molecule is Cc1cnc(C(N)c2cccc(OC(F)(F)F)c2)nc1. The molecule has 0 radical (unpaired) electrons. The number of hydrogen-bond donors (Lipinski definition) is 1. The molecule has 1 unspecified atom stereocenters. The topological polar surface area (TPSA) is 61.0 Å². The number of nitrogens with two attached hydrogens (primary N) is 1. The Labute approximate surface area is 113 Å². The maximum atomic E-state index is 12.2. The Morgan fingerprint density at radius 1 is 1.20 bits per heavy atom. The second-order valence-corrected chi connectivity index (χ2v) is 4.22. The molecule has 4 nitrogen and oxygen atoms in total. The lowest BCUT2D eigenvalue weighted by Gasteiger charge is -2.13. The molecule has 2 rings (SSSR count). The molecule has 0 aliphatic rings. The molecule has 20 heavy (non-hydrogen) atoms. The van der Waals surface area contributed by atoms with Gasteiger partial charge in [0.1, 0.15) is 11.6 Å². The van der Waals surface area contributed by atoms with Crippen LogP contribution in [0.25, 0.3) is 0 Å². The quantitative estimate of drug-likeness (QED) is 0.940. The van der Waals surface area contributed by atoms with E-state index in [1.165, 1.54) is 18.2 Å². The standard InChI is InChI=1S/C13H12F3N3O/c1-8-6-18-12(19-7-8)11(17)9-3-2-4-10(5-9)20-13(14,15)16/h2-7,11H,17H2,1H3. The van der Waals surface area contributed by atoms with Crippen LogP contribution >= 0.6 is 0 Å². The van der Waals surface area contributed by atoms with Gasteiger partial charge in [0.15, 0.2) is 0 Å². The minimum Gasteiger partial charge on any atom is -0.406 e. The predicted octanol–water partition coefficient (Wildman–Crippen LogP) is 2.73. The normalized spacial score (nSPS) is 13.1. The molecule has 106 valence electrons. The maximum Gasteiger partial charge on any atom is 0.573 e. The number of hydrogen-bond acceptors (Lipinski definition) is 4. The average Bonchev–Trinajstić information content (AvgIpc) is 2.37. The third-order valence-electron chi connectivity index (χ3n) is 2.53. The molecule has 0 spiro atoms. The lowest BCUT2D eigenvalue weighted by Crippen LogP contribution is -2.18. The van der Waals surface area contributed by atoms with E-state index >= 15 is 0 Å². The summed E-state index contributed by atoms with van der Waals surface area (Å²) in [6.07, 6.45) is -1.54. The van der Waals surface area contributed by atoms with Crippen LogP contribution in [-0.2, 0) is 0 Å². The van der Waals surface area contributed by atoms with Crippen LogP contribution in [0.15, 0.2) is 36.7 Å². The van der Waals surface area contributed by atoms with E-state index in [2.05, 4.69) is 14.7 Å². The molecule has 0 aliphatic heterocycles. The smallest absolute Gasteiger partial charge is 0.406 e. The highest BCUT2D eigenvalue weighted by molar-refractivity contribution is 5.33. The summed E-state index contributed by atoms with van der Waals surface area (Å²) < 4.78 is 40.3. The van der Waals surface area contributed by atoms with Crippen LogP contribution in [-0.4, -0.2) is 16.3 Å². The molecule has 7 heteroatoms. The number of alkyl halides is 3. The van der Waals surface area contributed by atoms with Crippen molar-refractivity contribution >= 4 is 0 Å². The molecule has 0 amide bonds. The molecule has 0 saturated carbocycles. The Kier molecular flexibility index (Phi) is 3.89. The fourth-order valence-corrected chi connectivity index (χ4v) is 1.62. The third-order valence-corrected chi connectivity index (χ3v) is 2.53. The first kappa shape index (κ1) is 14.3. The molecule has 0 saturated heterocycles. The largest absolute Gasteiger partial charge is 0.573 e. The first-order valence-electron chi connectivity index (χ1n) is 5.75. The first-order chi connectivity index (χ1) is 9.35. The third kappa shape index (κ3) is 3.67. The number of aryl methyl sites for hydroxylation is 1. The van der Waals surface area contributed by atoms with Gasteiger partial charge in [-0.3, -0.25) is 0 Å². The zero-order valence-corrected chi connectivity index (χ0v) is 10.6. The first-order valence-corrected chi connectivity index (χ1v) is 5.75. The van der Waals surface area contributed by atoms with E-state index < -0.39 is 12.4 Å². The van der Waals surface area contributed by atoms with Crippen molar-refractivity contribution in [3.63, 3.8) is 0 Å². The molecule has 1 aromatic heterocycles. The lowest BCUT2D eigenvalue weighted by molar-refractivity contribution is -0.274. The van der Waals surface area contributed by atoms with E-state index in [1.54, 1.807) is 18.5 Å². The van der Waals surface area contributed by atoms with Crippen molar-refractivity contribution in [1.82, 2.24) is 9.97 Å². The maximum absolute atomic E-state index is 12.2. The van der Waals surface area contributed by atoms with Gasteiger partial charge >= 0.3 is 6.36 Å². The molecule has 0 fully saturated rings. The minimum absolute atomic E-state index is 0.322. The highest BCUT2D eigenvalue weighted by atomic mass is 19.4. The fraction of sp³-hybridized carbons (Fsp3) is 0.231. The van der Waals surface area contributed by atoms with Crippen molar-refractivity contribution < 1.29 is 17.9 Å². The molecule has 1 atom stereocenters. The molecule has 0 aliphatic carbocycles. The summed E-state index contributed by atoms with van der Waals surface area (Å²) in [6, 6.07) is 4.75. The number of rotatable bonds is 3. The van der Waals surface area contributed by atoms with Crippen molar-refractivity contribution in [1.29, 1.82) is 0 Å². The van der Waals surface area contributed by atoms with E-state index in [9.17, 15) is 13.2 Å². The van der Waals surface area contributed by atoms with Crippen LogP contribution < -0.4 is 10.5 Å². The van der Waals surface area contributed by atoms with Gasteiger partial charge in [-0.05, 0) is 30.2 Å². The van der Waals surface area contributed by atoms with E-state index in [0.717, 1.165) is 5.56 Å². The number of aromatic nitrogens is 2. The van der Waals surface area contributed by atoms with Crippen molar-refractivity contribution in [3.05, 3.63) is 53.6 Å². The molecule has 0 bridgehead atoms. The Morgan fingerprint density at radius 2 is 1.85 bits per heavy atom. The zero-order chi connectivity index (χ0) is 14.8. The van der Waals surface area contributed by atoms with E-state index in [0.29, 0.717) is 11.4 Å². The highest BCUT2D eigenvalue weighted by Crippen LogP contribution is 2.26. The van der Waals surface area contributed by atoms with Crippen LogP contribution in [0.3, 0.4) is 0 Å². The number of halogens is 3. The van der Waals surface area contributed by atoms with Crippen LogP contribution in [0.1, 0.15) is 23.0 Å². The summed E-state index contributed by atoms with van der Waals surface area (Å²) >= 11 is 0.